The number of esters is 2. The number of aryl methyl sites for hydroxylation is 2. The summed E-state index contributed by atoms with van der Waals surface area (Å²) >= 11 is 0. The van der Waals surface area contributed by atoms with Crippen molar-refractivity contribution in [2.75, 3.05) is 6.61 Å². The monoisotopic (exact) mass is 613 g/mol. The molecule has 0 fully saturated rings. The molecule has 0 aromatic heterocycles. The number of aliphatic hydroxyl groups excluding tert-OH is 1. The summed E-state index contributed by atoms with van der Waals surface area (Å²) in [5.74, 6) is 0.246. The second-order valence-electron chi connectivity index (χ2n) is 6.18. The van der Waals surface area contributed by atoms with Gasteiger partial charge in [-0.25, -0.2) is 0 Å². The van der Waals surface area contributed by atoms with Crippen LogP contribution in [0.2, 0.25) is 0 Å². The quantitative estimate of drug-likeness (QED) is 0.316. The Morgan fingerprint density at radius 2 is 1.55 bits per heavy atom. The minimum Gasteiger partial charge on any atom is -0.494 e. The van der Waals surface area contributed by atoms with Gasteiger partial charge in [0.2, 0.25) is 0 Å². The Morgan fingerprint density at radius 3 is 2.07 bits per heavy atom. The summed E-state index contributed by atoms with van der Waals surface area (Å²) in [5, 5.41) is 8.90. The van der Waals surface area contributed by atoms with Crippen molar-refractivity contribution in [3.63, 3.8) is 0 Å². The van der Waals surface area contributed by atoms with Gasteiger partial charge >= 0.3 is 11.9 Å². The number of hydrogen-bond donors (Lipinski definition) is 1. The van der Waals surface area contributed by atoms with E-state index >= 15 is 0 Å². The van der Waals surface area contributed by atoms with Crippen molar-refractivity contribution in [3.8, 4) is 17.2 Å². The minimum atomic E-state index is -0.665. The van der Waals surface area contributed by atoms with Gasteiger partial charge in [0.1, 0.15) is 17.2 Å². The van der Waals surface area contributed by atoms with Crippen molar-refractivity contribution in [1.82, 2.24) is 0 Å². The Balaban J connectivity index is 0.000000527. The second-order valence-corrected chi connectivity index (χ2v) is 6.18. The van der Waals surface area contributed by atoms with Crippen molar-refractivity contribution in [2.24, 2.45) is 0 Å². The maximum absolute atomic E-state index is 10.8. The maximum Gasteiger partial charge on any atom is 0.308 e. The van der Waals surface area contributed by atoms with Crippen molar-refractivity contribution < 1.29 is 73.0 Å². The third kappa shape index (κ3) is 11.3. The summed E-state index contributed by atoms with van der Waals surface area (Å²) in [5.41, 5.74) is 3.10. The Kier molecular flexibility index (Phi) is 12.9. The van der Waals surface area contributed by atoms with Crippen LogP contribution in [0.1, 0.15) is 30.5 Å². The molecule has 0 aliphatic carbocycles. The molecule has 1 radical (unpaired) electrons. The van der Waals surface area contributed by atoms with Crippen LogP contribution in [0.4, 0.5) is 0 Å². The summed E-state index contributed by atoms with van der Waals surface area (Å²) < 4.78 is 15.0. The molecule has 6 nitrogen and oxygen atoms in total. The smallest absolute Gasteiger partial charge is 0.308 e. The molecule has 0 saturated carbocycles. The summed E-state index contributed by atoms with van der Waals surface area (Å²) in [7, 11) is 0. The molecule has 0 spiro atoms. The van der Waals surface area contributed by atoms with Gasteiger partial charge in [-0.3, -0.25) is 9.59 Å². The molecule has 1 unspecified atom stereocenters. The van der Waals surface area contributed by atoms with Crippen molar-refractivity contribution in [1.29, 1.82) is 0 Å². The molecule has 2 aromatic rings. The molecule has 0 bridgehead atoms. The second kappa shape index (κ2) is 13.6. The maximum atomic E-state index is 10.8. The van der Waals surface area contributed by atoms with Crippen LogP contribution in [0, 0.1) is 71.8 Å². The first-order valence-electron chi connectivity index (χ1n) is 8.62. The van der Waals surface area contributed by atoms with E-state index < -0.39 is 18.0 Å². The van der Waals surface area contributed by atoms with E-state index in [2.05, 4.69) is 20.8 Å². The van der Waals surface area contributed by atoms with Crippen LogP contribution in [0.3, 0.4) is 0 Å². The molecule has 0 aliphatic heterocycles. The number of rotatable bonds is 5. The Hall–Kier alpha value is -1.55. The molecular weight excluding hydrogens is 587 g/mol. The zero-order valence-corrected chi connectivity index (χ0v) is 22.0. The summed E-state index contributed by atoms with van der Waals surface area (Å²) in [6.07, 6.45) is -0.665. The van der Waals surface area contributed by atoms with E-state index in [1.165, 1.54) is 37.1 Å². The van der Waals surface area contributed by atoms with E-state index in [0.29, 0.717) is 5.56 Å². The predicted molar refractivity (Wildman–Crippen MR) is 106 cm³/mol. The molecular formula is C22H26AcO6-2. The SMILES string of the molecule is [Ac].[CH2-]C(O)COc1ccc(C)c(C)c1.[CH2-]c1ccc(OC(C)=O)c(OC(C)=O)c1. The van der Waals surface area contributed by atoms with Crippen LogP contribution >= 0.6 is 0 Å². The minimum absolute atomic E-state index is 0. The predicted octanol–water partition coefficient (Wildman–Crippen LogP) is 3.60. The Labute approximate surface area is 208 Å². The average Bonchev–Trinajstić information content (AvgIpc) is 2.58. The van der Waals surface area contributed by atoms with Gasteiger partial charge in [-0.15, -0.1) is 6.07 Å². The third-order valence-corrected chi connectivity index (χ3v) is 3.44. The number of carbonyl (C=O) groups excluding carboxylic acids is 2. The summed E-state index contributed by atoms with van der Waals surface area (Å²) in [6, 6.07) is 10.6. The van der Waals surface area contributed by atoms with E-state index in [1.54, 1.807) is 6.07 Å². The standard InChI is InChI=1S/C11H11O4.C11H15O2.Ac/c1-7-4-5-10(14-8(2)12)11(6-7)15-9(3)13;1-8-4-5-11(6-9(8)2)13-7-10(3)12;/h4-6H,1H2,2-3H3;4-6,10,12H,3,7H2,1-2H3;/q2*-1;. The number of carbonyl (C=O) groups is 2. The molecule has 7 heteroatoms. The molecule has 155 valence electrons. The van der Waals surface area contributed by atoms with Gasteiger partial charge in [-0.2, -0.15) is 18.6 Å². The van der Waals surface area contributed by atoms with Gasteiger partial charge in [0, 0.05) is 57.9 Å². The van der Waals surface area contributed by atoms with E-state index in [1.807, 2.05) is 25.1 Å². The molecule has 29 heavy (non-hydrogen) atoms. The van der Waals surface area contributed by atoms with E-state index in [4.69, 9.17) is 19.3 Å². The van der Waals surface area contributed by atoms with Crippen LogP contribution in [-0.2, 0) is 9.59 Å². The molecule has 0 heterocycles. The van der Waals surface area contributed by atoms with Gasteiger partial charge in [0.15, 0.2) is 0 Å². The van der Waals surface area contributed by atoms with Crippen molar-refractivity contribution in [2.45, 2.75) is 33.8 Å². The molecule has 0 aliphatic rings. The van der Waals surface area contributed by atoms with E-state index in [-0.39, 0.29) is 62.2 Å². The van der Waals surface area contributed by atoms with Gasteiger partial charge in [-0.1, -0.05) is 12.1 Å². The molecule has 0 amide bonds. The summed E-state index contributed by atoms with van der Waals surface area (Å²) in [6.45, 7) is 14.0. The molecule has 0 saturated heterocycles. The fourth-order valence-electron chi connectivity index (χ4n) is 2.02. The normalized spacial score (nSPS) is 10.6. The number of hydrogen-bond acceptors (Lipinski definition) is 6. The van der Waals surface area contributed by atoms with Gasteiger partial charge in [0.05, 0.1) is 6.61 Å². The van der Waals surface area contributed by atoms with Crippen LogP contribution in [-0.4, -0.2) is 29.8 Å². The molecule has 1 atom stereocenters. The van der Waals surface area contributed by atoms with Crippen LogP contribution in [0.15, 0.2) is 36.4 Å². The van der Waals surface area contributed by atoms with Crippen LogP contribution in [0.25, 0.3) is 0 Å². The fraction of sp³-hybridized carbons (Fsp3) is 0.273. The Morgan fingerprint density at radius 1 is 0.966 bits per heavy atom. The average molecular weight is 613 g/mol. The largest absolute Gasteiger partial charge is 0.494 e. The van der Waals surface area contributed by atoms with Crippen LogP contribution < -0.4 is 14.2 Å². The van der Waals surface area contributed by atoms with Crippen molar-refractivity contribution >= 4 is 11.9 Å². The third-order valence-electron chi connectivity index (χ3n) is 3.44. The number of ether oxygens (including phenoxy) is 3. The van der Waals surface area contributed by atoms with E-state index in [0.717, 1.165) is 5.75 Å². The zero-order chi connectivity index (χ0) is 21.3. The van der Waals surface area contributed by atoms with Gasteiger partial charge in [-0.05, 0) is 43.2 Å². The van der Waals surface area contributed by atoms with Crippen molar-refractivity contribution in [3.05, 3.63) is 66.9 Å². The first kappa shape index (κ1) is 27.5. The first-order chi connectivity index (χ1) is 13.1. The number of benzene rings is 2. The molecule has 2 rings (SSSR count). The van der Waals surface area contributed by atoms with Gasteiger partial charge < -0.3 is 26.2 Å². The fourth-order valence-corrected chi connectivity index (χ4v) is 2.02. The first-order valence-corrected chi connectivity index (χ1v) is 8.62. The van der Waals surface area contributed by atoms with Crippen LogP contribution in [0.5, 0.6) is 17.2 Å². The molecule has 2 aromatic carbocycles. The topological polar surface area (TPSA) is 82.1 Å². The molecule has 1 N–H and O–H groups in total. The summed E-state index contributed by atoms with van der Waals surface area (Å²) in [4.78, 5) is 21.5. The number of aliphatic hydroxyl groups is 1. The Bertz CT molecular complexity index is 817. The van der Waals surface area contributed by atoms with E-state index in [9.17, 15) is 9.59 Å². The zero-order valence-electron chi connectivity index (χ0n) is 17.2. The van der Waals surface area contributed by atoms with Gasteiger partial charge in [0.25, 0.3) is 0 Å².